The summed E-state index contributed by atoms with van der Waals surface area (Å²) in [4.78, 5) is 0. The average molecular weight is 746 g/mol. The third-order valence-corrected chi connectivity index (χ3v) is 5.55. The highest BCUT2D eigenvalue weighted by Crippen LogP contribution is 2.68. The summed E-state index contributed by atoms with van der Waals surface area (Å²) in [7, 11) is 0. The number of rotatable bonds is 9. The molecule has 0 bridgehead atoms. The molecule has 38 heavy (non-hydrogen) atoms. The van der Waals surface area contributed by atoms with E-state index in [1.807, 2.05) is 0 Å². The first-order chi connectivity index (χ1) is 15.8. The Hall–Kier alpha value is -1.02. The normalized spacial score (nSPS) is 18.5. The van der Waals surface area contributed by atoms with Gasteiger partial charge in [0, 0.05) is 0 Å². The SMILES string of the molecule is FC(F)(F)C(F)(F)C(F)(F)C(F)(F)C(F)(F)C(F)(F)C(F)(F)C(F)(F)C(F)(F)C(F)(F)C(F)(I)C(F)(F)F. The molecule has 0 saturated carbocycles. The van der Waals surface area contributed by atoms with Gasteiger partial charge < -0.3 is 0 Å². The fourth-order valence-corrected chi connectivity index (χ4v) is 2.27. The van der Waals surface area contributed by atoms with Crippen molar-refractivity contribution in [2.75, 3.05) is 0 Å². The molecule has 0 aromatic heterocycles. The molecule has 0 aromatic carbocycles. The van der Waals surface area contributed by atoms with Crippen LogP contribution in [0.4, 0.5) is 110 Å². The molecule has 0 rings (SSSR count). The lowest BCUT2D eigenvalue weighted by molar-refractivity contribution is -0.477. The molecule has 0 aliphatic carbocycles. The lowest BCUT2D eigenvalue weighted by Gasteiger charge is -2.45. The number of alkyl halides is 26. The molecule has 26 heteroatoms. The van der Waals surface area contributed by atoms with Crippen molar-refractivity contribution in [1.29, 1.82) is 0 Å². The van der Waals surface area contributed by atoms with Crippen molar-refractivity contribution in [3.63, 3.8) is 0 Å². The van der Waals surface area contributed by atoms with E-state index >= 15 is 0 Å². The predicted molar refractivity (Wildman–Crippen MR) is 74.5 cm³/mol. The molecule has 0 N–H and O–H groups in total. The fourth-order valence-electron chi connectivity index (χ4n) is 1.93. The predicted octanol–water partition coefficient (Wildman–Crippen LogP) is 8.93. The Labute approximate surface area is 202 Å². The highest BCUT2D eigenvalue weighted by molar-refractivity contribution is 14.1. The maximum Gasteiger partial charge on any atom is 0.460 e. The van der Waals surface area contributed by atoms with E-state index in [0.717, 1.165) is 0 Å². The lowest BCUT2D eigenvalue weighted by Crippen LogP contribution is -2.78. The van der Waals surface area contributed by atoms with E-state index in [-0.39, 0.29) is 0 Å². The zero-order valence-electron chi connectivity index (χ0n) is 15.8. The summed E-state index contributed by atoms with van der Waals surface area (Å²) in [5.74, 6) is -82.3. The van der Waals surface area contributed by atoms with E-state index < -0.39 is 91.9 Å². The minimum absolute atomic E-state index is 1.55. The van der Waals surface area contributed by atoms with E-state index in [4.69, 9.17) is 0 Å². The van der Waals surface area contributed by atoms with E-state index in [0.29, 0.717) is 0 Å². The monoisotopic (exact) mass is 746 g/mol. The van der Waals surface area contributed by atoms with Gasteiger partial charge in [0.15, 0.2) is 0 Å². The molecule has 1 unspecified atom stereocenters. The first kappa shape index (κ1) is 37.0. The first-order valence-corrected chi connectivity index (χ1v) is 8.74. The third kappa shape index (κ3) is 4.21. The molecule has 0 aromatic rings. The Morgan fingerprint density at radius 1 is 0.211 bits per heavy atom. The molecule has 0 saturated heterocycles. The Morgan fingerprint density at radius 2 is 0.368 bits per heavy atom. The third-order valence-electron chi connectivity index (χ3n) is 4.26. The average Bonchev–Trinajstić information content (AvgIpc) is 2.64. The second-order valence-electron chi connectivity index (χ2n) is 6.74. The molecule has 1 atom stereocenters. The van der Waals surface area contributed by atoms with Crippen molar-refractivity contribution in [2.45, 2.75) is 69.3 Å². The van der Waals surface area contributed by atoms with E-state index in [9.17, 15) is 110 Å². The first-order valence-electron chi connectivity index (χ1n) is 7.66. The van der Waals surface area contributed by atoms with Crippen LogP contribution < -0.4 is 0 Å². The molecular formula is C12F25I. The van der Waals surface area contributed by atoms with Crippen LogP contribution in [0.2, 0.25) is 0 Å². The summed E-state index contributed by atoms with van der Waals surface area (Å²) in [6.45, 7) is 0. The molecule has 0 amide bonds. The lowest BCUT2D eigenvalue weighted by atomic mass is 9.85. The van der Waals surface area contributed by atoms with Crippen molar-refractivity contribution >= 4 is 22.6 Å². The van der Waals surface area contributed by atoms with Crippen LogP contribution in [0.1, 0.15) is 0 Å². The van der Waals surface area contributed by atoms with Crippen molar-refractivity contribution in [3.05, 3.63) is 0 Å². The van der Waals surface area contributed by atoms with Crippen LogP contribution in [0.3, 0.4) is 0 Å². The Morgan fingerprint density at radius 3 is 0.526 bits per heavy atom. The van der Waals surface area contributed by atoms with Crippen molar-refractivity contribution in [2.24, 2.45) is 0 Å². The summed E-state index contributed by atoms with van der Waals surface area (Å²) < 4.78 is 317. The molecule has 230 valence electrons. The summed E-state index contributed by atoms with van der Waals surface area (Å²) in [5.41, 5.74) is 0. The minimum atomic E-state index is -9.53. The molecule has 0 spiro atoms. The topological polar surface area (TPSA) is 0 Å². The van der Waals surface area contributed by atoms with Crippen LogP contribution in [-0.4, -0.2) is 69.3 Å². The van der Waals surface area contributed by atoms with Crippen molar-refractivity contribution < 1.29 is 110 Å². The molecule has 0 fully saturated rings. The minimum Gasteiger partial charge on any atom is -0.215 e. The maximum atomic E-state index is 13.4. The van der Waals surface area contributed by atoms with Gasteiger partial charge in [-0.15, -0.1) is 0 Å². The van der Waals surface area contributed by atoms with Gasteiger partial charge in [-0.2, -0.15) is 105 Å². The molecule has 0 heterocycles. The van der Waals surface area contributed by atoms with E-state index in [1.165, 1.54) is 0 Å². The van der Waals surface area contributed by atoms with Gasteiger partial charge in [0.2, 0.25) is 0 Å². The van der Waals surface area contributed by atoms with Gasteiger partial charge in [-0.1, -0.05) is 0 Å². The van der Waals surface area contributed by atoms with Gasteiger partial charge in [-0.05, 0) is 22.6 Å². The van der Waals surface area contributed by atoms with Gasteiger partial charge >= 0.3 is 69.3 Å². The summed E-state index contributed by atoms with van der Waals surface area (Å²) in [5, 5.41) is 0. The van der Waals surface area contributed by atoms with E-state index in [1.54, 1.807) is 0 Å². The zero-order chi connectivity index (χ0) is 32.0. The van der Waals surface area contributed by atoms with E-state index in [2.05, 4.69) is 0 Å². The standard InChI is InChI=1S/C12F25I/c13-1(14,3(17,18)5(21,22)7(25,26)9(29,30)11(32,33)34)2(15,16)4(19,20)6(23,24)8(27,28)10(31,38)12(35,36)37. The summed E-state index contributed by atoms with van der Waals surface area (Å²) >= 11 is -1.55. The Bertz CT molecular complexity index is 798. The number of hydrogen-bond acceptors (Lipinski definition) is 0. The highest BCUT2D eigenvalue weighted by Gasteiger charge is 2.99. The smallest absolute Gasteiger partial charge is 0.215 e. The summed E-state index contributed by atoms with van der Waals surface area (Å²) in [6, 6.07) is 0. The van der Waals surface area contributed by atoms with Gasteiger partial charge in [0.25, 0.3) is 0 Å². The van der Waals surface area contributed by atoms with Crippen LogP contribution in [0.25, 0.3) is 0 Å². The molecule has 0 aliphatic rings. The van der Waals surface area contributed by atoms with Crippen LogP contribution in [0, 0.1) is 0 Å². The highest BCUT2D eigenvalue weighted by atomic mass is 127. The molecular weight excluding hydrogens is 746 g/mol. The van der Waals surface area contributed by atoms with Gasteiger partial charge in [0.05, 0.1) is 0 Å². The Kier molecular flexibility index (Phi) is 8.50. The van der Waals surface area contributed by atoms with Crippen LogP contribution >= 0.6 is 22.6 Å². The molecule has 0 radical (unpaired) electrons. The zero-order valence-corrected chi connectivity index (χ0v) is 18.0. The maximum absolute atomic E-state index is 13.4. The van der Waals surface area contributed by atoms with Crippen LogP contribution in [0.5, 0.6) is 0 Å². The quantitative estimate of drug-likeness (QED) is 0.126. The van der Waals surface area contributed by atoms with Crippen molar-refractivity contribution in [1.82, 2.24) is 0 Å². The Balaban J connectivity index is 7.29. The molecule has 0 nitrogen and oxygen atoms in total. The van der Waals surface area contributed by atoms with Crippen LogP contribution in [-0.2, 0) is 0 Å². The number of halogens is 26. The second kappa shape index (κ2) is 8.74. The largest absolute Gasteiger partial charge is 0.460 e. The summed E-state index contributed by atoms with van der Waals surface area (Å²) in [6.07, 6.45) is -15.7. The second-order valence-corrected chi connectivity index (χ2v) is 8.23. The van der Waals surface area contributed by atoms with Gasteiger partial charge in [-0.3, -0.25) is 0 Å². The van der Waals surface area contributed by atoms with Crippen LogP contribution in [0.15, 0.2) is 0 Å². The van der Waals surface area contributed by atoms with Crippen molar-refractivity contribution in [3.8, 4) is 0 Å². The number of hydrogen-bond donors (Lipinski definition) is 0. The molecule has 0 aliphatic heterocycles. The van der Waals surface area contributed by atoms with Gasteiger partial charge in [-0.25, -0.2) is 4.39 Å². The fraction of sp³-hybridized carbons (Fsp3) is 1.00. The van der Waals surface area contributed by atoms with Gasteiger partial charge in [0.1, 0.15) is 0 Å².